The van der Waals surface area contributed by atoms with E-state index >= 15 is 0 Å². The number of hydrogen-bond acceptors (Lipinski definition) is 0. The normalized spacial score (nSPS) is 14.1. The fraction of sp³-hybridized carbons (Fsp3) is 0.0909. The average Bonchev–Trinajstić information content (AvgIpc) is 3.54. The largest absolute Gasteiger partial charge is 0.308 e. The molecule has 2 aliphatic carbocycles. The van der Waals surface area contributed by atoms with Gasteiger partial charge < -0.3 is 4.57 Å². The molecule has 0 saturated heterocycles. The Kier molecular flexibility index (Phi) is 3.00. The highest BCUT2D eigenvalue weighted by Gasteiger charge is 2.32. The number of nitrogens with zero attached hydrogens (tertiary/aromatic N) is 1. The van der Waals surface area contributed by atoms with Crippen LogP contribution in [-0.2, 0) is 19.3 Å². The van der Waals surface area contributed by atoms with E-state index in [-0.39, 0.29) is 0 Å². The van der Waals surface area contributed by atoms with Crippen molar-refractivity contribution in [2.45, 2.75) is 19.3 Å². The molecule has 0 atom stereocenters. The molecular formula is C33H21N. The Balaban J connectivity index is 1.37. The summed E-state index contributed by atoms with van der Waals surface area (Å²) in [6, 6.07) is 34.3. The number of rotatable bonds is 0. The Morgan fingerprint density at radius 2 is 1.21 bits per heavy atom. The van der Waals surface area contributed by atoms with Crippen LogP contribution in [0.15, 0.2) is 91.0 Å². The van der Waals surface area contributed by atoms with E-state index in [9.17, 15) is 0 Å². The van der Waals surface area contributed by atoms with Crippen molar-refractivity contribution in [1.82, 2.24) is 4.57 Å². The summed E-state index contributed by atoms with van der Waals surface area (Å²) >= 11 is 0. The second kappa shape index (κ2) is 5.87. The summed E-state index contributed by atoms with van der Waals surface area (Å²) in [7, 11) is 0. The van der Waals surface area contributed by atoms with Crippen molar-refractivity contribution >= 4 is 21.8 Å². The Bertz CT molecular complexity index is 1880. The molecule has 0 radical (unpaired) electrons. The second-order valence-corrected chi connectivity index (χ2v) is 10.1. The lowest BCUT2D eigenvalue weighted by atomic mass is 9.92. The van der Waals surface area contributed by atoms with Crippen LogP contribution in [0, 0.1) is 0 Å². The first-order valence-electron chi connectivity index (χ1n) is 12.3. The van der Waals surface area contributed by atoms with Gasteiger partial charge in [-0.25, -0.2) is 0 Å². The van der Waals surface area contributed by atoms with Crippen LogP contribution in [0.3, 0.4) is 0 Å². The van der Waals surface area contributed by atoms with E-state index in [1.807, 2.05) is 0 Å². The summed E-state index contributed by atoms with van der Waals surface area (Å²) in [5.41, 5.74) is 18.8. The molecule has 158 valence electrons. The first-order chi connectivity index (χ1) is 16.9. The summed E-state index contributed by atoms with van der Waals surface area (Å²) in [6.45, 7) is 0. The first kappa shape index (κ1) is 17.4. The molecule has 1 aliphatic heterocycles. The standard InChI is InChI=1S/C33H21N/c1-2-8-23-19(6-1)16-20-12-14-24-25-15-13-22-17-21-7-5-10-27-26-9-3-4-11-30(26)34(32(21)27)33(22)29(25)18-28(24)31(20)23/h1-15H,16-18H2. The molecule has 1 aromatic heterocycles. The fourth-order valence-corrected chi connectivity index (χ4v) is 7.12. The Labute approximate surface area is 197 Å². The lowest BCUT2D eigenvalue weighted by molar-refractivity contribution is 1.02. The van der Waals surface area contributed by atoms with E-state index in [1.54, 1.807) is 0 Å². The number of fused-ring (bicyclic) bond motifs is 13. The van der Waals surface area contributed by atoms with Gasteiger partial charge in [-0.3, -0.25) is 0 Å². The van der Waals surface area contributed by atoms with Gasteiger partial charge in [0.1, 0.15) is 0 Å². The molecule has 2 heterocycles. The monoisotopic (exact) mass is 431 g/mol. The van der Waals surface area contributed by atoms with Crippen LogP contribution in [0.5, 0.6) is 0 Å². The van der Waals surface area contributed by atoms with Crippen molar-refractivity contribution in [2.75, 3.05) is 0 Å². The molecule has 5 aromatic carbocycles. The van der Waals surface area contributed by atoms with E-state index in [2.05, 4.69) is 95.6 Å². The SMILES string of the molecule is c1ccc2c(c1)Cc1ccc3c(c1-2)Cc1c-3ccc2c1-n1c3ccccc3c3cccc(c31)C2. The number of para-hydroxylation sites is 2. The van der Waals surface area contributed by atoms with E-state index in [4.69, 9.17) is 0 Å². The molecule has 1 heteroatoms. The maximum Gasteiger partial charge on any atom is 0.0576 e. The number of hydrogen-bond donors (Lipinski definition) is 0. The molecule has 34 heavy (non-hydrogen) atoms. The molecule has 3 aliphatic rings. The highest BCUT2D eigenvalue weighted by Crippen LogP contribution is 2.51. The van der Waals surface area contributed by atoms with Gasteiger partial charge in [-0.05, 0) is 68.1 Å². The zero-order valence-corrected chi connectivity index (χ0v) is 18.7. The molecule has 0 saturated carbocycles. The van der Waals surface area contributed by atoms with Gasteiger partial charge in [0.25, 0.3) is 0 Å². The predicted molar refractivity (Wildman–Crippen MR) is 140 cm³/mol. The number of aromatic nitrogens is 1. The minimum absolute atomic E-state index is 1.01. The predicted octanol–water partition coefficient (Wildman–Crippen LogP) is 7.83. The van der Waals surface area contributed by atoms with Gasteiger partial charge in [0.2, 0.25) is 0 Å². The molecule has 0 N–H and O–H groups in total. The zero-order chi connectivity index (χ0) is 22.0. The molecule has 0 bridgehead atoms. The van der Waals surface area contributed by atoms with Crippen LogP contribution in [0.2, 0.25) is 0 Å². The highest BCUT2D eigenvalue weighted by molar-refractivity contribution is 6.11. The van der Waals surface area contributed by atoms with Crippen molar-refractivity contribution in [2.24, 2.45) is 0 Å². The van der Waals surface area contributed by atoms with Crippen LogP contribution in [-0.4, -0.2) is 4.57 Å². The van der Waals surface area contributed by atoms with Crippen LogP contribution in [0.25, 0.3) is 49.7 Å². The first-order valence-corrected chi connectivity index (χ1v) is 12.3. The van der Waals surface area contributed by atoms with E-state index < -0.39 is 0 Å². The lowest BCUT2D eigenvalue weighted by Gasteiger charge is -2.23. The van der Waals surface area contributed by atoms with Gasteiger partial charge >= 0.3 is 0 Å². The maximum absolute atomic E-state index is 2.58. The van der Waals surface area contributed by atoms with Crippen LogP contribution in [0.1, 0.15) is 33.4 Å². The van der Waals surface area contributed by atoms with E-state index in [0.717, 1.165) is 19.3 Å². The Morgan fingerprint density at radius 1 is 0.471 bits per heavy atom. The average molecular weight is 432 g/mol. The Hall–Kier alpha value is -4.10. The van der Waals surface area contributed by atoms with Crippen molar-refractivity contribution in [3.63, 3.8) is 0 Å². The summed E-state index contributed by atoms with van der Waals surface area (Å²) in [6.07, 6.45) is 3.08. The van der Waals surface area contributed by atoms with Gasteiger partial charge in [0.05, 0.1) is 16.7 Å². The van der Waals surface area contributed by atoms with Crippen molar-refractivity contribution in [1.29, 1.82) is 0 Å². The summed E-state index contributed by atoms with van der Waals surface area (Å²) in [5.74, 6) is 0. The minimum Gasteiger partial charge on any atom is -0.308 e. The molecule has 6 aromatic rings. The third-order valence-electron chi connectivity index (χ3n) is 8.46. The second-order valence-electron chi connectivity index (χ2n) is 10.1. The quantitative estimate of drug-likeness (QED) is 0.231. The zero-order valence-electron chi connectivity index (χ0n) is 18.7. The van der Waals surface area contributed by atoms with Gasteiger partial charge in [-0.1, -0.05) is 84.9 Å². The van der Waals surface area contributed by atoms with Crippen LogP contribution < -0.4 is 0 Å². The highest BCUT2D eigenvalue weighted by atomic mass is 15.0. The lowest BCUT2D eigenvalue weighted by Crippen LogP contribution is -2.10. The topological polar surface area (TPSA) is 4.93 Å². The van der Waals surface area contributed by atoms with Crippen LogP contribution >= 0.6 is 0 Å². The van der Waals surface area contributed by atoms with Crippen molar-refractivity contribution < 1.29 is 0 Å². The van der Waals surface area contributed by atoms with Gasteiger partial charge in [-0.2, -0.15) is 0 Å². The van der Waals surface area contributed by atoms with E-state index in [1.165, 1.54) is 83.1 Å². The van der Waals surface area contributed by atoms with Gasteiger partial charge in [0, 0.05) is 23.6 Å². The van der Waals surface area contributed by atoms with Gasteiger partial charge in [-0.15, -0.1) is 0 Å². The van der Waals surface area contributed by atoms with E-state index in [0.29, 0.717) is 0 Å². The molecule has 0 amide bonds. The molecular weight excluding hydrogens is 410 g/mol. The molecule has 9 rings (SSSR count). The maximum atomic E-state index is 2.58. The molecule has 0 unspecified atom stereocenters. The molecule has 0 spiro atoms. The summed E-state index contributed by atoms with van der Waals surface area (Å²) < 4.78 is 2.58. The van der Waals surface area contributed by atoms with Crippen molar-refractivity contribution in [3.05, 3.63) is 124 Å². The third-order valence-corrected chi connectivity index (χ3v) is 8.46. The van der Waals surface area contributed by atoms with Gasteiger partial charge in [0.15, 0.2) is 0 Å². The fourth-order valence-electron chi connectivity index (χ4n) is 7.12. The third kappa shape index (κ3) is 1.94. The minimum atomic E-state index is 1.01. The Morgan fingerprint density at radius 3 is 2.18 bits per heavy atom. The van der Waals surface area contributed by atoms with Crippen molar-refractivity contribution in [3.8, 4) is 27.9 Å². The smallest absolute Gasteiger partial charge is 0.0576 e. The number of benzene rings is 5. The van der Waals surface area contributed by atoms with Crippen LogP contribution in [0.4, 0.5) is 0 Å². The summed E-state index contributed by atoms with van der Waals surface area (Å²) in [4.78, 5) is 0. The molecule has 1 nitrogen and oxygen atoms in total. The molecule has 0 fully saturated rings. The summed E-state index contributed by atoms with van der Waals surface area (Å²) in [5, 5.41) is 2.73.